The zero-order chi connectivity index (χ0) is 24.8. The van der Waals surface area contributed by atoms with E-state index in [-0.39, 0.29) is 16.4 Å². The molecule has 2 aromatic carbocycles. The van der Waals surface area contributed by atoms with Crippen LogP contribution in [0.15, 0.2) is 56.8 Å². The third kappa shape index (κ3) is 4.23. The summed E-state index contributed by atoms with van der Waals surface area (Å²) in [6, 6.07) is 8.41. The number of amidine groups is 1. The van der Waals surface area contributed by atoms with Crippen molar-refractivity contribution in [3.05, 3.63) is 53.3 Å². The predicted molar refractivity (Wildman–Crippen MR) is 120 cm³/mol. The first-order valence-electron chi connectivity index (χ1n) is 9.24. The first kappa shape index (κ1) is 23.7. The molecule has 0 spiro atoms. The van der Waals surface area contributed by atoms with Crippen molar-refractivity contribution in [1.82, 2.24) is 9.97 Å². The number of methoxy groups -OCH3 is 1. The summed E-state index contributed by atoms with van der Waals surface area (Å²) in [5.41, 5.74) is 0.572. The van der Waals surface area contributed by atoms with Crippen LogP contribution in [0.5, 0.6) is 0 Å². The number of sulfonamides is 2. The van der Waals surface area contributed by atoms with E-state index >= 15 is 0 Å². The number of fused-ring (bicyclic) bond motifs is 2. The van der Waals surface area contributed by atoms with Crippen LogP contribution in [0.3, 0.4) is 0 Å². The minimum absolute atomic E-state index is 0.0918. The Morgan fingerprint density at radius 3 is 2.50 bits per heavy atom. The van der Waals surface area contributed by atoms with Crippen LogP contribution in [-0.4, -0.2) is 51.5 Å². The Bertz CT molecular complexity index is 1620. The molecule has 1 aliphatic rings. The number of anilines is 1. The van der Waals surface area contributed by atoms with E-state index in [0.717, 1.165) is 19.2 Å². The summed E-state index contributed by atoms with van der Waals surface area (Å²) >= 11 is 5.94. The molecule has 1 aliphatic heterocycles. The predicted octanol–water partition coefficient (Wildman–Crippen LogP) is 0.969. The fourth-order valence-corrected chi connectivity index (χ4v) is 5.52. The molecule has 0 radical (unpaired) electrons. The molecule has 3 aromatic rings. The van der Waals surface area contributed by atoms with Crippen molar-refractivity contribution in [3.8, 4) is 0 Å². The van der Waals surface area contributed by atoms with Gasteiger partial charge in [-0.15, -0.1) is 4.40 Å². The number of para-hydroxylation sites is 2. The van der Waals surface area contributed by atoms with Gasteiger partial charge < -0.3 is 10.1 Å². The number of aromatic nitrogens is 2. The minimum Gasteiger partial charge on any atom is -0.468 e. The van der Waals surface area contributed by atoms with Crippen molar-refractivity contribution in [2.45, 2.75) is 15.7 Å². The van der Waals surface area contributed by atoms with Gasteiger partial charge in [-0.05, 0) is 24.3 Å². The number of hydrogen-bond acceptors (Lipinski definition) is 10. The van der Waals surface area contributed by atoms with E-state index in [1.165, 1.54) is 6.20 Å². The Morgan fingerprint density at radius 1 is 1.18 bits per heavy atom. The second-order valence-corrected chi connectivity index (χ2v) is 10.5. The molecule has 2 heterocycles. The Labute approximate surface area is 197 Å². The molecule has 1 atom stereocenters. The second-order valence-electron chi connectivity index (χ2n) is 6.97. The van der Waals surface area contributed by atoms with Gasteiger partial charge in [-0.1, -0.05) is 23.7 Å². The molecule has 34 heavy (non-hydrogen) atoms. The molecule has 1 unspecified atom stereocenters. The first-order chi connectivity index (χ1) is 15.9. The van der Waals surface area contributed by atoms with Gasteiger partial charge in [-0.25, -0.2) is 18.5 Å². The van der Waals surface area contributed by atoms with Crippen molar-refractivity contribution >= 4 is 66.0 Å². The smallest absolute Gasteiger partial charge is 0.322 e. The SMILES string of the molecule is COC(=O)C(C(=O)C1=NS(=O)(=O)c2cc(S(N)(=O)=O)c(Cl)cc2N1)c1cnc2ccccc2n1. The number of carbonyl (C=O) groups excluding carboxylic acids is 2. The summed E-state index contributed by atoms with van der Waals surface area (Å²) in [6.45, 7) is 0. The van der Waals surface area contributed by atoms with Crippen LogP contribution in [0.4, 0.5) is 5.69 Å². The molecule has 3 N–H and O–H groups in total. The summed E-state index contributed by atoms with van der Waals surface area (Å²) < 4.78 is 57.0. The van der Waals surface area contributed by atoms with E-state index in [2.05, 4.69) is 19.7 Å². The fraction of sp³-hybridized carbons (Fsp3) is 0.105. The summed E-state index contributed by atoms with van der Waals surface area (Å²) in [7, 11) is -7.88. The standard InChI is InChI=1S/C19H14ClN5O7S2/c1-32-19(27)16(13-8-22-10-4-2-3-5-11(10)23-13)17(26)18-24-12-6-9(20)14(33(21,28)29)7-15(12)34(30,31)25-18/h2-8,16H,1H3,(H,24,25)(H2,21,28,29). The molecular formula is C19H14ClN5O7S2. The van der Waals surface area contributed by atoms with E-state index in [0.29, 0.717) is 11.0 Å². The largest absolute Gasteiger partial charge is 0.468 e. The average Bonchev–Trinajstić information content (AvgIpc) is 2.77. The summed E-state index contributed by atoms with van der Waals surface area (Å²) in [5.74, 6) is -4.51. The van der Waals surface area contributed by atoms with Gasteiger partial charge in [-0.2, -0.15) is 8.42 Å². The maximum Gasteiger partial charge on any atom is 0.322 e. The number of nitrogens with zero attached hydrogens (tertiary/aromatic N) is 3. The molecular weight excluding hydrogens is 510 g/mol. The lowest BCUT2D eigenvalue weighted by molar-refractivity contribution is -0.144. The highest BCUT2D eigenvalue weighted by molar-refractivity contribution is 7.91. The average molecular weight is 524 g/mol. The molecule has 0 fully saturated rings. The van der Waals surface area contributed by atoms with Crippen LogP contribution in [0.1, 0.15) is 11.6 Å². The third-order valence-corrected chi connectivity index (χ3v) is 7.47. The molecule has 0 bridgehead atoms. The summed E-state index contributed by atoms with van der Waals surface area (Å²) in [4.78, 5) is 33.0. The number of carbonyl (C=O) groups is 2. The molecule has 12 nitrogen and oxygen atoms in total. The molecule has 15 heteroatoms. The lowest BCUT2D eigenvalue weighted by Gasteiger charge is -2.21. The van der Waals surface area contributed by atoms with Gasteiger partial charge in [0.05, 0.1) is 40.7 Å². The van der Waals surface area contributed by atoms with Gasteiger partial charge >= 0.3 is 5.97 Å². The number of nitrogens with one attached hydrogen (secondary N) is 1. The number of esters is 1. The van der Waals surface area contributed by atoms with E-state index in [4.69, 9.17) is 21.5 Å². The molecule has 0 amide bonds. The minimum atomic E-state index is -4.58. The maximum absolute atomic E-state index is 13.3. The van der Waals surface area contributed by atoms with E-state index in [9.17, 15) is 26.4 Å². The van der Waals surface area contributed by atoms with Gasteiger partial charge in [0.25, 0.3) is 10.0 Å². The summed E-state index contributed by atoms with van der Waals surface area (Å²) in [5, 5.41) is 7.16. The number of ether oxygens (including phenoxy) is 1. The molecule has 0 aliphatic carbocycles. The van der Waals surface area contributed by atoms with Crippen LogP contribution < -0.4 is 10.5 Å². The van der Waals surface area contributed by atoms with Crippen molar-refractivity contribution in [2.24, 2.45) is 9.54 Å². The number of halogens is 1. The fourth-order valence-electron chi connectivity index (χ4n) is 3.22. The number of ketones is 1. The third-order valence-electron chi connectivity index (χ3n) is 4.78. The number of primary sulfonamides is 1. The van der Waals surface area contributed by atoms with Crippen LogP contribution in [-0.2, 0) is 34.4 Å². The van der Waals surface area contributed by atoms with E-state index in [1.54, 1.807) is 24.3 Å². The van der Waals surface area contributed by atoms with E-state index < -0.39 is 53.3 Å². The molecule has 1 aromatic heterocycles. The number of hydrogen-bond donors (Lipinski definition) is 2. The first-order valence-corrected chi connectivity index (χ1v) is 12.6. The maximum atomic E-state index is 13.3. The van der Waals surface area contributed by atoms with Crippen LogP contribution >= 0.6 is 11.6 Å². The van der Waals surface area contributed by atoms with Gasteiger partial charge in [0, 0.05) is 0 Å². The molecule has 0 saturated heterocycles. The topological polar surface area (TPSA) is 188 Å². The van der Waals surface area contributed by atoms with Crippen LogP contribution in [0.2, 0.25) is 5.02 Å². The number of benzene rings is 2. The zero-order valence-corrected chi connectivity index (χ0v) is 19.5. The lowest BCUT2D eigenvalue weighted by Crippen LogP contribution is -2.36. The van der Waals surface area contributed by atoms with Crippen LogP contribution in [0, 0.1) is 0 Å². The number of nitrogens with two attached hydrogens (primary N) is 1. The monoisotopic (exact) mass is 523 g/mol. The molecule has 0 saturated carbocycles. The zero-order valence-electron chi connectivity index (χ0n) is 17.1. The van der Waals surface area contributed by atoms with Gasteiger partial charge in [-0.3, -0.25) is 14.6 Å². The molecule has 4 rings (SSSR count). The lowest BCUT2D eigenvalue weighted by atomic mass is 9.99. The Morgan fingerprint density at radius 2 is 1.85 bits per heavy atom. The Hall–Kier alpha value is -3.46. The summed E-state index contributed by atoms with van der Waals surface area (Å²) in [6.07, 6.45) is 1.20. The van der Waals surface area contributed by atoms with Gasteiger partial charge in [0.1, 0.15) is 9.79 Å². The Kier molecular flexibility index (Phi) is 5.85. The van der Waals surface area contributed by atoms with Crippen LogP contribution in [0.25, 0.3) is 11.0 Å². The number of Topliss-reactive ketones (excluding diaryl/α,β-unsaturated/α-hetero) is 1. The van der Waals surface area contributed by atoms with Gasteiger partial charge in [0.2, 0.25) is 15.8 Å². The quantitative estimate of drug-likeness (QED) is 0.360. The highest BCUT2D eigenvalue weighted by Gasteiger charge is 2.38. The highest BCUT2D eigenvalue weighted by Crippen LogP contribution is 2.35. The van der Waals surface area contributed by atoms with Gasteiger partial charge in [0.15, 0.2) is 11.8 Å². The van der Waals surface area contributed by atoms with Crippen molar-refractivity contribution in [3.63, 3.8) is 0 Å². The Balaban J connectivity index is 1.81. The molecule has 176 valence electrons. The number of rotatable bonds is 5. The highest BCUT2D eigenvalue weighted by atomic mass is 35.5. The van der Waals surface area contributed by atoms with Crippen molar-refractivity contribution in [1.29, 1.82) is 0 Å². The van der Waals surface area contributed by atoms with E-state index in [1.807, 2.05) is 0 Å². The van der Waals surface area contributed by atoms with Crippen molar-refractivity contribution in [2.75, 3.05) is 12.4 Å². The second kappa shape index (κ2) is 8.39. The normalized spacial score (nSPS) is 15.6. The van der Waals surface area contributed by atoms with Crippen molar-refractivity contribution < 1.29 is 31.2 Å².